The number of hydroxylamine groups is 1. The molecule has 4 heteroatoms. The highest BCUT2D eigenvalue weighted by Gasteiger charge is 2.28. The minimum absolute atomic E-state index is 0.0929. The van der Waals surface area contributed by atoms with Crippen molar-refractivity contribution in [3.63, 3.8) is 0 Å². The number of hydrogen-bond donors (Lipinski definition) is 1. The number of Topliss-reactive ketones (excluding diaryl/α,β-unsaturated/α-hetero) is 1. The van der Waals surface area contributed by atoms with Crippen molar-refractivity contribution in [2.24, 2.45) is 4.99 Å². The van der Waals surface area contributed by atoms with E-state index in [2.05, 4.69) is 17.1 Å². The van der Waals surface area contributed by atoms with Crippen molar-refractivity contribution in [1.29, 1.82) is 0 Å². The van der Waals surface area contributed by atoms with E-state index in [1.54, 1.807) is 6.07 Å². The molecule has 0 spiro atoms. The number of carbonyl (C=O) groups excluding carboxylic acids is 1. The first-order valence-electron chi connectivity index (χ1n) is 5.53. The third-order valence-electron chi connectivity index (χ3n) is 2.81. The van der Waals surface area contributed by atoms with E-state index in [4.69, 9.17) is 4.84 Å². The third kappa shape index (κ3) is 1.87. The molecule has 0 heterocycles. The van der Waals surface area contributed by atoms with Gasteiger partial charge in [-0.25, -0.2) is 0 Å². The van der Waals surface area contributed by atoms with Gasteiger partial charge in [0.25, 0.3) is 0 Å². The smallest absolute Gasteiger partial charge is 0.212 e. The SMILES string of the molecule is C=CN=C1C(=O)c2ccccc2C(NOC)=C1C. The van der Waals surface area contributed by atoms with Gasteiger partial charge in [-0.3, -0.25) is 20.1 Å². The number of ketones is 1. The fourth-order valence-corrected chi connectivity index (χ4v) is 2.00. The molecule has 0 bridgehead atoms. The summed E-state index contributed by atoms with van der Waals surface area (Å²) in [5.74, 6) is -0.0929. The predicted octanol–water partition coefficient (Wildman–Crippen LogP) is 2.35. The molecule has 1 aliphatic rings. The molecule has 1 N–H and O–H groups in total. The Morgan fingerprint density at radius 1 is 1.33 bits per heavy atom. The van der Waals surface area contributed by atoms with Gasteiger partial charge in [-0.1, -0.05) is 30.8 Å². The predicted molar refractivity (Wildman–Crippen MR) is 71.1 cm³/mol. The average molecular weight is 242 g/mol. The van der Waals surface area contributed by atoms with Gasteiger partial charge in [-0.15, -0.1) is 0 Å². The maximum absolute atomic E-state index is 12.3. The number of benzene rings is 1. The van der Waals surface area contributed by atoms with Gasteiger partial charge in [-0.05, 0) is 6.92 Å². The highest BCUT2D eigenvalue weighted by molar-refractivity contribution is 6.54. The van der Waals surface area contributed by atoms with Crippen LogP contribution in [0, 0.1) is 0 Å². The van der Waals surface area contributed by atoms with Crippen molar-refractivity contribution >= 4 is 17.2 Å². The van der Waals surface area contributed by atoms with Gasteiger partial charge in [0.2, 0.25) is 5.78 Å². The van der Waals surface area contributed by atoms with Crippen LogP contribution in [-0.2, 0) is 4.84 Å². The molecule has 4 nitrogen and oxygen atoms in total. The summed E-state index contributed by atoms with van der Waals surface area (Å²) in [4.78, 5) is 21.3. The molecule has 0 aliphatic heterocycles. The van der Waals surface area contributed by atoms with Crippen LogP contribution in [0.1, 0.15) is 22.8 Å². The van der Waals surface area contributed by atoms with Crippen molar-refractivity contribution in [3.8, 4) is 0 Å². The molecule has 92 valence electrons. The summed E-state index contributed by atoms with van der Waals surface area (Å²) in [6.07, 6.45) is 1.37. The van der Waals surface area contributed by atoms with Crippen LogP contribution in [0.4, 0.5) is 0 Å². The van der Waals surface area contributed by atoms with E-state index in [1.165, 1.54) is 13.3 Å². The van der Waals surface area contributed by atoms with Crippen LogP contribution in [0.5, 0.6) is 0 Å². The molecule has 1 aromatic carbocycles. The Morgan fingerprint density at radius 3 is 2.61 bits per heavy atom. The first-order chi connectivity index (χ1) is 8.70. The number of nitrogens with zero attached hydrogens (tertiary/aromatic N) is 1. The fourth-order valence-electron chi connectivity index (χ4n) is 2.00. The third-order valence-corrected chi connectivity index (χ3v) is 2.81. The first-order valence-corrected chi connectivity index (χ1v) is 5.53. The van der Waals surface area contributed by atoms with Gasteiger partial charge in [0.1, 0.15) is 5.71 Å². The molecular weight excluding hydrogens is 228 g/mol. The molecule has 0 aromatic heterocycles. The van der Waals surface area contributed by atoms with E-state index in [9.17, 15) is 4.79 Å². The Labute approximate surface area is 106 Å². The van der Waals surface area contributed by atoms with Crippen LogP contribution < -0.4 is 5.48 Å². The van der Waals surface area contributed by atoms with E-state index in [1.807, 2.05) is 25.1 Å². The number of carbonyl (C=O) groups is 1. The lowest BCUT2D eigenvalue weighted by molar-refractivity contribution is 0.106. The van der Waals surface area contributed by atoms with E-state index < -0.39 is 0 Å². The molecule has 2 rings (SSSR count). The van der Waals surface area contributed by atoms with Crippen molar-refractivity contribution in [2.45, 2.75) is 6.92 Å². The maximum Gasteiger partial charge on any atom is 0.212 e. The van der Waals surface area contributed by atoms with Crippen LogP contribution in [0.15, 0.2) is 47.6 Å². The molecular formula is C14H14N2O2. The van der Waals surface area contributed by atoms with Gasteiger partial charge >= 0.3 is 0 Å². The number of hydrogen-bond acceptors (Lipinski definition) is 4. The zero-order valence-electron chi connectivity index (χ0n) is 10.4. The molecule has 0 unspecified atom stereocenters. The van der Waals surface area contributed by atoms with Crippen LogP contribution in [-0.4, -0.2) is 18.6 Å². The molecule has 18 heavy (non-hydrogen) atoms. The lowest BCUT2D eigenvalue weighted by Crippen LogP contribution is -2.27. The van der Waals surface area contributed by atoms with E-state index >= 15 is 0 Å². The summed E-state index contributed by atoms with van der Waals surface area (Å²) in [5, 5.41) is 0. The molecule has 0 fully saturated rings. The Hall–Kier alpha value is -2.20. The second kappa shape index (κ2) is 4.98. The standard InChI is InChI=1S/C14H14N2O2/c1-4-15-13-9(2)12(16-18-3)10-7-5-6-8-11(10)14(13)17/h4-8,16H,1H2,2-3H3. The normalized spacial score (nSPS) is 16.8. The maximum atomic E-state index is 12.3. The number of allylic oxidation sites excluding steroid dienone is 1. The summed E-state index contributed by atoms with van der Waals surface area (Å²) < 4.78 is 0. The minimum atomic E-state index is -0.0929. The quantitative estimate of drug-likeness (QED) is 0.828. The summed E-state index contributed by atoms with van der Waals surface area (Å²) in [6, 6.07) is 7.36. The van der Waals surface area contributed by atoms with Crippen molar-refractivity contribution in [3.05, 3.63) is 53.7 Å². The van der Waals surface area contributed by atoms with Crippen molar-refractivity contribution in [2.75, 3.05) is 7.11 Å². The lowest BCUT2D eigenvalue weighted by Gasteiger charge is -2.21. The van der Waals surface area contributed by atoms with Gasteiger partial charge < -0.3 is 0 Å². The van der Waals surface area contributed by atoms with Gasteiger partial charge in [-0.2, -0.15) is 0 Å². The number of rotatable bonds is 3. The minimum Gasteiger partial charge on any atom is -0.287 e. The second-order valence-corrected chi connectivity index (χ2v) is 3.84. The largest absolute Gasteiger partial charge is 0.287 e. The van der Waals surface area contributed by atoms with Gasteiger partial charge in [0.15, 0.2) is 0 Å². The van der Waals surface area contributed by atoms with E-state index in [0.29, 0.717) is 11.3 Å². The Morgan fingerprint density at radius 2 is 2.00 bits per heavy atom. The highest BCUT2D eigenvalue weighted by Crippen LogP contribution is 2.28. The van der Waals surface area contributed by atoms with Crippen molar-refractivity contribution < 1.29 is 9.63 Å². The van der Waals surface area contributed by atoms with Gasteiger partial charge in [0, 0.05) is 22.9 Å². The second-order valence-electron chi connectivity index (χ2n) is 3.84. The first kappa shape index (κ1) is 12.3. The van der Waals surface area contributed by atoms with Gasteiger partial charge in [0.05, 0.1) is 12.8 Å². The molecule has 0 radical (unpaired) electrons. The molecule has 1 aliphatic carbocycles. The summed E-state index contributed by atoms with van der Waals surface area (Å²) in [6.45, 7) is 5.37. The van der Waals surface area contributed by atoms with Crippen LogP contribution in [0.25, 0.3) is 5.70 Å². The Kier molecular flexibility index (Phi) is 3.39. The van der Waals surface area contributed by atoms with Crippen molar-refractivity contribution in [1.82, 2.24) is 5.48 Å². The van der Waals surface area contributed by atoms with Crippen LogP contribution >= 0.6 is 0 Å². The number of nitrogens with one attached hydrogen (secondary N) is 1. The highest BCUT2D eigenvalue weighted by atomic mass is 16.6. The Balaban J connectivity index is 2.69. The molecule has 1 aromatic rings. The average Bonchev–Trinajstić information content (AvgIpc) is 2.39. The zero-order valence-corrected chi connectivity index (χ0v) is 10.4. The van der Waals surface area contributed by atoms with Crippen LogP contribution in [0.3, 0.4) is 0 Å². The molecule has 0 saturated heterocycles. The summed E-state index contributed by atoms with van der Waals surface area (Å²) in [5.41, 5.74) is 6.15. The number of fused-ring (bicyclic) bond motifs is 1. The summed E-state index contributed by atoms with van der Waals surface area (Å²) in [7, 11) is 1.53. The molecule has 0 saturated carbocycles. The number of aliphatic imine (C=N–C) groups is 1. The summed E-state index contributed by atoms with van der Waals surface area (Å²) >= 11 is 0. The monoisotopic (exact) mass is 242 g/mol. The molecule has 0 atom stereocenters. The van der Waals surface area contributed by atoms with E-state index in [-0.39, 0.29) is 5.78 Å². The van der Waals surface area contributed by atoms with Crippen LogP contribution in [0.2, 0.25) is 0 Å². The fraction of sp³-hybridized carbons (Fsp3) is 0.143. The topological polar surface area (TPSA) is 50.7 Å². The lowest BCUT2D eigenvalue weighted by atomic mass is 9.87. The Bertz CT molecular complexity index is 571. The zero-order chi connectivity index (χ0) is 13.1. The molecule has 0 amide bonds. The van der Waals surface area contributed by atoms with E-state index in [0.717, 1.165) is 16.8 Å².